The Hall–Kier alpha value is -1.26. The lowest BCUT2D eigenvalue weighted by atomic mass is 10.00. The van der Waals surface area contributed by atoms with Gasteiger partial charge in [0.05, 0.1) is 10.1 Å². The summed E-state index contributed by atoms with van der Waals surface area (Å²) in [7, 11) is -3.30. The van der Waals surface area contributed by atoms with Crippen LogP contribution in [0.2, 0.25) is 0 Å². The molecule has 2 nitrogen and oxygen atoms in total. The average molecular weight is 375 g/mol. The van der Waals surface area contributed by atoms with Crippen molar-refractivity contribution in [3.05, 3.63) is 59.2 Å². The second-order valence-corrected chi connectivity index (χ2v) is 10.6. The fourth-order valence-electron chi connectivity index (χ4n) is 3.41. The maximum atomic E-state index is 13.3. The minimum Gasteiger partial charge on any atom is -0.223 e. The average Bonchev–Trinajstić information content (AvgIpc) is 2.59. The Balaban J connectivity index is 1.88. The van der Waals surface area contributed by atoms with Crippen molar-refractivity contribution >= 4 is 21.6 Å². The Morgan fingerprint density at radius 1 is 0.880 bits per heavy atom. The monoisotopic (exact) mass is 374 g/mol. The minimum absolute atomic E-state index is 0.128. The highest BCUT2D eigenvalue weighted by molar-refractivity contribution is 8.01. The van der Waals surface area contributed by atoms with Gasteiger partial charge in [-0.3, -0.25) is 0 Å². The second kappa shape index (κ2) is 7.55. The molecule has 4 heteroatoms. The maximum absolute atomic E-state index is 13.3. The van der Waals surface area contributed by atoms with E-state index in [0.717, 1.165) is 41.7 Å². The summed E-state index contributed by atoms with van der Waals surface area (Å²) in [5.41, 5.74) is 3.40. The van der Waals surface area contributed by atoms with Gasteiger partial charge in [-0.15, -0.1) is 11.8 Å². The van der Waals surface area contributed by atoms with Crippen LogP contribution in [0.3, 0.4) is 0 Å². The third-order valence-electron chi connectivity index (χ3n) is 5.16. The summed E-state index contributed by atoms with van der Waals surface area (Å²) < 4.78 is 26.6. The van der Waals surface area contributed by atoms with E-state index in [2.05, 4.69) is 31.2 Å². The van der Waals surface area contributed by atoms with Crippen LogP contribution in [0.4, 0.5) is 0 Å². The molecule has 0 amide bonds. The number of thioether (sulfide) groups is 1. The molecule has 0 bridgehead atoms. The van der Waals surface area contributed by atoms with Gasteiger partial charge in [0.2, 0.25) is 0 Å². The zero-order valence-electron chi connectivity index (χ0n) is 15.2. The molecule has 2 atom stereocenters. The number of hydrogen-bond acceptors (Lipinski definition) is 3. The van der Waals surface area contributed by atoms with Crippen LogP contribution in [0.25, 0.3) is 0 Å². The molecule has 0 N–H and O–H groups in total. The predicted molar refractivity (Wildman–Crippen MR) is 106 cm³/mol. The predicted octanol–water partition coefficient (Wildman–Crippen LogP) is 5.49. The number of sulfone groups is 1. The van der Waals surface area contributed by atoms with Gasteiger partial charge in [-0.2, -0.15) is 0 Å². The molecule has 2 aromatic carbocycles. The highest BCUT2D eigenvalue weighted by Crippen LogP contribution is 2.39. The van der Waals surface area contributed by atoms with Crippen LogP contribution < -0.4 is 0 Å². The fourth-order valence-corrected chi connectivity index (χ4v) is 7.19. The van der Waals surface area contributed by atoms with Crippen molar-refractivity contribution in [1.29, 1.82) is 0 Å². The van der Waals surface area contributed by atoms with Crippen molar-refractivity contribution in [3.63, 3.8) is 0 Å². The first-order valence-corrected chi connectivity index (χ1v) is 11.3. The van der Waals surface area contributed by atoms with Crippen LogP contribution in [-0.2, 0) is 9.84 Å². The van der Waals surface area contributed by atoms with Crippen molar-refractivity contribution in [3.8, 4) is 0 Å². The Kier molecular flexibility index (Phi) is 5.59. The van der Waals surface area contributed by atoms with Crippen LogP contribution in [-0.4, -0.2) is 18.9 Å². The quantitative estimate of drug-likeness (QED) is 0.710. The lowest BCUT2D eigenvalue weighted by Crippen LogP contribution is -2.35. The van der Waals surface area contributed by atoms with Crippen molar-refractivity contribution in [2.75, 3.05) is 0 Å². The molecule has 25 heavy (non-hydrogen) atoms. The first-order valence-electron chi connectivity index (χ1n) is 8.92. The fraction of sp³-hybridized carbons (Fsp3) is 0.429. The lowest BCUT2D eigenvalue weighted by Gasteiger charge is -2.31. The number of rotatable bonds is 4. The molecule has 0 spiro atoms. The van der Waals surface area contributed by atoms with Gasteiger partial charge in [-0.05, 0) is 69.0 Å². The first-order chi connectivity index (χ1) is 11.9. The number of hydrogen-bond donors (Lipinski definition) is 0. The molecule has 1 saturated carbocycles. The second-order valence-electron chi connectivity index (χ2n) is 7.08. The Labute approximate surface area is 156 Å². The largest absolute Gasteiger partial charge is 0.223 e. The van der Waals surface area contributed by atoms with E-state index in [1.807, 2.05) is 26.0 Å². The number of benzene rings is 2. The molecule has 1 aliphatic carbocycles. The molecule has 134 valence electrons. The minimum atomic E-state index is -3.30. The zero-order chi connectivity index (χ0) is 18.0. The Bertz CT molecular complexity index is 839. The maximum Gasteiger partial charge on any atom is 0.182 e. The molecular formula is C21H26O2S2. The van der Waals surface area contributed by atoms with Crippen molar-refractivity contribution < 1.29 is 8.42 Å². The van der Waals surface area contributed by atoms with Crippen LogP contribution in [0.5, 0.6) is 0 Å². The summed E-state index contributed by atoms with van der Waals surface area (Å²) in [6, 6.07) is 13.9. The molecule has 0 radical (unpaired) electrons. The Morgan fingerprint density at radius 2 is 1.56 bits per heavy atom. The van der Waals surface area contributed by atoms with E-state index in [4.69, 9.17) is 0 Å². The van der Waals surface area contributed by atoms with E-state index >= 15 is 0 Å². The first kappa shape index (κ1) is 18.5. The highest BCUT2D eigenvalue weighted by atomic mass is 32.2. The van der Waals surface area contributed by atoms with Crippen LogP contribution >= 0.6 is 11.8 Å². The van der Waals surface area contributed by atoms with Gasteiger partial charge in [0.1, 0.15) is 0 Å². The van der Waals surface area contributed by atoms with Crippen LogP contribution in [0.15, 0.2) is 52.3 Å². The summed E-state index contributed by atoms with van der Waals surface area (Å²) in [6.07, 6.45) is 3.84. The zero-order valence-corrected chi connectivity index (χ0v) is 16.8. The van der Waals surface area contributed by atoms with E-state index in [1.54, 1.807) is 17.8 Å². The van der Waals surface area contributed by atoms with Gasteiger partial charge in [-0.25, -0.2) is 8.42 Å². The SMILES string of the molecule is Cc1ccc(SC2CCCCC2S(=O)(=O)c2ccc(C)c(C)c2)cc1. The van der Waals surface area contributed by atoms with E-state index in [9.17, 15) is 8.42 Å². The van der Waals surface area contributed by atoms with E-state index in [-0.39, 0.29) is 10.5 Å². The molecule has 2 unspecified atom stereocenters. The normalized spacial score (nSPS) is 21.2. The number of aryl methyl sites for hydroxylation is 3. The summed E-state index contributed by atoms with van der Waals surface area (Å²) in [4.78, 5) is 1.65. The molecule has 1 fully saturated rings. The summed E-state index contributed by atoms with van der Waals surface area (Å²) >= 11 is 1.73. The molecule has 0 aliphatic heterocycles. The molecule has 0 heterocycles. The highest BCUT2D eigenvalue weighted by Gasteiger charge is 2.37. The van der Waals surface area contributed by atoms with Gasteiger partial charge < -0.3 is 0 Å². The van der Waals surface area contributed by atoms with Crippen molar-refractivity contribution in [2.45, 2.75) is 66.7 Å². The molecule has 2 aromatic rings. The topological polar surface area (TPSA) is 34.1 Å². The van der Waals surface area contributed by atoms with E-state index in [0.29, 0.717) is 4.90 Å². The summed E-state index contributed by atoms with van der Waals surface area (Å²) in [5, 5.41) is -0.169. The van der Waals surface area contributed by atoms with Gasteiger partial charge in [0.25, 0.3) is 0 Å². The van der Waals surface area contributed by atoms with Gasteiger partial charge in [0, 0.05) is 10.1 Å². The van der Waals surface area contributed by atoms with Gasteiger partial charge in [-0.1, -0.05) is 36.6 Å². The van der Waals surface area contributed by atoms with Crippen molar-refractivity contribution in [1.82, 2.24) is 0 Å². The molecule has 3 rings (SSSR count). The van der Waals surface area contributed by atoms with Gasteiger partial charge >= 0.3 is 0 Å². The van der Waals surface area contributed by atoms with Crippen LogP contribution in [0, 0.1) is 20.8 Å². The third kappa shape index (κ3) is 4.12. The molecule has 0 aromatic heterocycles. The smallest absolute Gasteiger partial charge is 0.182 e. The van der Waals surface area contributed by atoms with Crippen LogP contribution in [0.1, 0.15) is 42.4 Å². The Morgan fingerprint density at radius 3 is 2.24 bits per heavy atom. The molecule has 0 saturated heterocycles. The summed E-state index contributed by atoms with van der Waals surface area (Å²) in [6.45, 7) is 6.07. The third-order valence-corrected chi connectivity index (χ3v) is 9.01. The summed E-state index contributed by atoms with van der Waals surface area (Å²) in [5.74, 6) is 0. The van der Waals surface area contributed by atoms with Crippen molar-refractivity contribution in [2.24, 2.45) is 0 Å². The van der Waals surface area contributed by atoms with E-state index in [1.165, 1.54) is 5.56 Å². The molecule has 1 aliphatic rings. The van der Waals surface area contributed by atoms with E-state index < -0.39 is 9.84 Å². The molecular weight excluding hydrogens is 348 g/mol. The lowest BCUT2D eigenvalue weighted by molar-refractivity contribution is 0.493. The van der Waals surface area contributed by atoms with Gasteiger partial charge in [0.15, 0.2) is 9.84 Å². The standard InChI is InChI=1S/C21H26O2S2/c1-15-8-11-18(12-9-15)24-20-6-4-5-7-21(20)25(22,23)19-13-10-16(2)17(3)14-19/h8-14,20-21H,4-7H2,1-3H3.